The largest absolute Gasteiger partial charge is 0.435 e. The van der Waals surface area contributed by atoms with Gasteiger partial charge in [-0.3, -0.25) is 0 Å². The summed E-state index contributed by atoms with van der Waals surface area (Å²) in [5, 5.41) is 3.73. The van der Waals surface area contributed by atoms with Crippen LogP contribution in [0.2, 0.25) is 5.02 Å². The summed E-state index contributed by atoms with van der Waals surface area (Å²) in [7, 11) is -2.35. The predicted octanol–water partition coefficient (Wildman–Crippen LogP) is 4.61. The van der Waals surface area contributed by atoms with E-state index < -0.39 is 21.9 Å². The van der Waals surface area contributed by atoms with Crippen molar-refractivity contribution in [3.63, 3.8) is 0 Å². The number of aromatic nitrogens is 2. The van der Waals surface area contributed by atoms with Crippen LogP contribution in [0.25, 0.3) is 11.3 Å². The first-order valence-corrected chi connectivity index (χ1v) is 10.6. The Balaban J connectivity index is 2.09. The highest BCUT2D eigenvalue weighted by Crippen LogP contribution is 2.34. The fourth-order valence-corrected chi connectivity index (χ4v) is 4.02. The van der Waals surface area contributed by atoms with Crippen molar-refractivity contribution in [2.75, 3.05) is 23.3 Å². The van der Waals surface area contributed by atoms with Gasteiger partial charge in [-0.1, -0.05) is 35.9 Å². The van der Waals surface area contributed by atoms with Crippen molar-refractivity contribution < 1.29 is 21.6 Å². The minimum atomic E-state index is -4.76. The van der Waals surface area contributed by atoms with Gasteiger partial charge in [0.05, 0.1) is 21.3 Å². The molecule has 0 saturated heterocycles. The van der Waals surface area contributed by atoms with Crippen molar-refractivity contribution >= 4 is 27.3 Å². The van der Waals surface area contributed by atoms with Crippen LogP contribution in [0.15, 0.2) is 59.5 Å². The number of halogens is 4. The standard InChI is InChI=1S/C19H18ClF3N4O2S/c1-3-26(2)16-10-9-13(11-15(16)20)17-12-18(19(21,22)23)24-27(17)25-30(28,29)14-7-5-4-6-8-14/h4-12,25H,3H2,1-2H3. The Morgan fingerprint density at radius 1 is 1.13 bits per heavy atom. The summed E-state index contributed by atoms with van der Waals surface area (Å²) < 4.78 is 65.0. The topological polar surface area (TPSA) is 67.2 Å². The number of nitrogens with one attached hydrogen (secondary N) is 1. The Hall–Kier alpha value is -2.72. The third-order valence-electron chi connectivity index (χ3n) is 4.39. The highest BCUT2D eigenvalue weighted by atomic mass is 35.5. The van der Waals surface area contributed by atoms with Gasteiger partial charge in [0.1, 0.15) is 0 Å². The lowest BCUT2D eigenvalue weighted by atomic mass is 10.1. The maximum Gasteiger partial charge on any atom is 0.435 e. The van der Waals surface area contributed by atoms with E-state index in [-0.39, 0.29) is 16.2 Å². The summed E-state index contributed by atoms with van der Waals surface area (Å²) in [5.74, 6) is 0. The quantitative estimate of drug-likeness (QED) is 0.585. The van der Waals surface area contributed by atoms with E-state index in [1.54, 1.807) is 18.2 Å². The molecule has 1 aromatic heterocycles. The number of nitrogens with zero attached hydrogens (tertiary/aromatic N) is 3. The minimum Gasteiger partial charge on any atom is -0.374 e. The zero-order valence-corrected chi connectivity index (χ0v) is 17.6. The molecule has 11 heteroatoms. The first-order valence-electron chi connectivity index (χ1n) is 8.79. The maximum absolute atomic E-state index is 13.3. The lowest BCUT2D eigenvalue weighted by Crippen LogP contribution is -2.25. The van der Waals surface area contributed by atoms with Crippen molar-refractivity contribution in [3.8, 4) is 11.3 Å². The lowest BCUT2D eigenvalue weighted by Gasteiger charge is -2.19. The van der Waals surface area contributed by atoms with E-state index >= 15 is 0 Å². The Bertz CT molecular complexity index is 1150. The van der Waals surface area contributed by atoms with E-state index in [1.165, 1.54) is 30.3 Å². The lowest BCUT2D eigenvalue weighted by molar-refractivity contribution is -0.141. The van der Waals surface area contributed by atoms with Crippen molar-refractivity contribution in [2.24, 2.45) is 0 Å². The van der Waals surface area contributed by atoms with Gasteiger partial charge in [0, 0.05) is 19.2 Å². The van der Waals surface area contributed by atoms with E-state index in [0.29, 0.717) is 22.0 Å². The van der Waals surface area contributed by atoms with Gasteiger partial charge in [0.2, 0.25) is 0 Å². The molecule has 0 saturated carbocycles. The smallest absolute Gasteiger partial charge is 0.374 e. The average molecular weight is 459 g/mol. The third-order valence-corrected chi connectivity index (χ3v) is 6.00. The second-order valence-corrected chi connectivity index (χ2v) is 8.48. The van der Waals surface area contributed by atoms with Gasteiger partial charge in [-0.25, -0.2) is 0 Å². The Morgan fingerprint density at radius 2 is 1.80 bits per heavy atom. The number of hydrogen-bond donors (Lipinski definition) is 1. The molecule has 1 N–H and O–H groups in total. The number of rotatable bonds is 6. The summed E-state index contributed by atoms with van der Waals surface area (Å²) in [6.07, 6.45) is -4.76. The van der Waals surface area contributed by atoms with Crippen LogP contribution in [0.1, 0.15) is 12.6 Å². The summed E-state index contributed by atoms with van der Waals surface area (Å²) in [4.78, 5) is 4.43. The maximum atomic E-state index is 13.3. The third kappa shape index (κ3) is 4.54. The van der Waals surface area contributed by atoms with Gasteiger partial charge in [0.15, 0.2) is 5.69 Å². The van der Waals surface area contributed by atoms with Crippen molar-refractivity contribution in [1.29, 1.82) is 0 Å². The average Bonchev–Trinajstić information content (AvgIpc) is 3.11. The number of sulfonamides is 1. The zero-order chi connectivity index (χ0) is 22.1. The molecule has 0 amide bonds. The van der Waals surface area contributed by atoms with Crippen LogP contribution in [-0.4, -0.2) is 31.9 Å². The fourth-order valence-electron chi connectivity index (χ4n) is 2.71. The molecule has 0 radical (unpaired) electrons. The molecular formula is C19H18ClF3N4O2S. The molecule has 0 atom stereocenters. The second-order valence-electron chi connectivity index (χ2n) is 6.41. The van der Waals surface area contributed by atoms with E-state index in [1.807, 2.05) is 18.9 Å². The predicted molar refractivity (Wildman–Crippen MR) is 110 cm³/mol. The number of benzene rings is 2. The zero-order valence-electron chi connectivity index (χ0n) is 16.0. The monoisotopic (exact) mass is 458 g/mol. The van der Waals surface area contributed by atoms with Gasteiger partial charge >= 0.3 is 6.18 Å². The van der Waals surface area contributed by atoms with Crippen LogP contribution >= 0.6 is 11.6 Å². The van der Waals surface area contributed by atoms with Crippen LogP contribution in [0.5, 0.6) is 0 Å². The van der Waals surface area contributed by atoms with Gasteiger partial charge < -0.3 is 4.90 Å². The summed E-state index contributed by atoms with van der Waals surface area (Å²) in [6.45, 7) is 2.60. The van der Waals surface area contributed by atoms with Crippen LogP contribution in [0.3, 0.4) is 0 Å². The summed E-state index contributed by atoms with van der Waals surface area (Å²) in [6, 6.07) is 12.7. The number of hydrogen-bond acceptors (Lipinski definition) is 4. The van der Waals surface area contributed by atoms with Gasteiger partial charge in [-0.15, -0.1) is 5.10 Å². The molecule has 2 aromatic carbocycles. The molecule has 0 bridgehead atoms. The van der Waals surface area contributed by atoms with Crippen LogP contribution in [0, 0.1) is 0 Å². The van der Waals surface area contributed by atoms with Gasteiger partial charge in [0.25, 0.3) is 10.0 Å². The molecular weight excluding hydrogens is 441 g/mol. The highest BCUT2D eigenvalue weighted by Gasteiger charge is 2.36. The Labute approximate surface area is 176 Å². The molecule has 0 fully saturated rings. The van der Waals surface area contributed by atoms with Crippen LogP contribution < -0.4 is 9.73 Å². The molecule has 160 valence electrons. The molecule has 3 aromatic rings. The molecule has 0 aliphatic rings. The first kappa shape index (κ1) is 22.0. The van der Waals surface area contributed by atoms with Crippen LogP contribution in [-0.2, 0) is 16.2 Å². The Morgan fingerprint density at radius 3 is 2.37 bits per heavy atom. The van der Waals surface area contributed by atoms with E-state index in [4.69, 9.17) is 11.6 Å². The molecule has 0 aliphatic carbocycles. The molecule has 0 spiro atoms. The molecule has 30 heavy (non-hydrogen) atoms. The second kappa shape index (κ2) is 8.19. The molecule has 6 nitrogen and oxygen atoms in total. The van der Waals surface area contributed by atoms with E-state index in [9.17, 15) is 21.6 Å². The number of alkyl halides is 3. The van der Waals surface area contributed by atoms with E-state index in [0.717, 1.165) is 6.07 Å². The van der Waals surface area contributed by atoms with Crippen LogP contribution in [0.4, 0.5) is 18.9 Å². The summed E-state index contributed by atoms with van der Waals surface area (Å²) in [5.41, 5.74) is -0.379. The fraction of sp³-hybridized carbons (Fsp3) is 0.211. The highest BCUT2D eigenvalue weighted by molar-refractivity contribution is 7.92. The van der Waals surface area contributed by atoms with Crippen molar-refractivity contribution in [2.45, 2.75) is 18.0 Å². The SMILES string of the molecule is CCN(C)c1ccc(-c2cc(C(F)(F)F)nn2NS(=O)(=O)c2ccccc2)cc1Cl. The normalized spacial score (nSPS) is 12.1. The van der Waals surface area contributed by atoms with Gasteiger partial charge in [-0.05, 0) is 37.3 Å². The number of anilines is 1. The van der Waals surface area contributed by atoms with Crippen molar-refractivity contribution in [3.05, 3.63) is 65.3 Å². The summed E-state index contributed by atoms with van der Waals surface area (Å²) >= 11 is 6.30. The molecule has 1 heterocycles. The first-order chi connectivity index (χ1) is 14.0. The molecule has 0 unspecified atom stereocenters. The molecule has 0 aliphatic heterocycles. The Kier molecular flexibility index (Phi) is 6.00. The van der Waals surface area contributed by atoms with Gasteiger partial charge in [-0.2, -0.15) is 31.2 Å². The van der Waals surface area contributed by atoms with E-state index in [2.05, 4.69) is 9.93 Å². The van der Waals surface area contributed by atoms with Crippen molar-refractivity contribution in [1.82, 2.24) is 9.89 Å². The molecule has 3 rings (SSSR count). The minimum absolute atomic E-state index is 0.102.